The monoisotopic (exact) mass is 299 g/mol. The van der Waals surface area contributed by atoms with Crippen LogP contribution in [0.2, 0.25) is 5.02 Å². The van der Waals surface area contributed by atoms with Crippen molar-refractivity contribution in [2.24, 2.45) is 0 Å². The zero-order valence-corrected chi connectivity index (χ0v) is 12.4. The maximum atomic E-state index is 11.9. The Hall–Kier alpha value is -2.31. The van der Waals surface area contributed by atoms with Crippen LogP contribution in [0.15, 0.2) is 42.5 Å². The van der Waals surface area contributed by atoms with Gasteiger partial charge in [0.2, 0.25) is 0 Å². The van der Waals surface area contributed by atoms with E-state index in [1.807, 2.05) is 25.1 Å². The summed E-state index contributed by atoms with van der Waals surface area (Å²) in [5, 5.41) is 9.29. The van der Waals surface area contributed by atoms with Crippen LogP contribution in [-0.2, 0) is 6.61 Å². The highest BCUT2D eigenvalue weighted by atomic mass is 35.5. The molecule has 0 radical (unpaired) electrons. The van der Waals surface area contributed by atoms with Crippen LogP contribution < -0.4 is 4.74 Å². The first-order valence-corrected chi connectivity index (χ1v) is 6.97. The number of nitriles is 1. The zero-order valence-electron chi connectivity index (χ0n) is 11.6. The fraction of sp³-hybridized carbons (Fsp3) is 0.176. The minimum absolute atomic E-state index is 0.0384. The van der Waals surface area contributed by atoms with Crippen molar-refractivity contribution >= 4 is 17.4 Å². The van der Waals surface area contributed by atoms with E-state index < -0.39 is 0 Å². The highest BCUT2D eigenvalue weighted by Crippen LogP contribution is 2.23. The zero-order chi connectivity index (χ0) is 15.2. The lowest BCUT2D eigenvalue weighted by Gasteiger charge is -2.11. The first kappa shape index (κ1) is 15.1. The summed E-state index contributed by atoms with van der Waals surface area (Å²) in [5.41, 5.74) is 1.85. The summed E-state index contributed by atoms with van der Waals surface area (Å²) >= 11 is 6.11. The van der Waals surface area contributed by atoms with Gasteiger partial charge in [-0.05, 0) is 24.3 Å². The molecule has 0 N–H and O–H groups in total. The molecule has 0 unspecified atom stereocenters. The second-order valence-corrected chi connectivity index (χ2v) is 4.89. The van der Waals surface area contributed by atoms with Crippen molar-refractivity contribution in [2.45, 2.75) is 20.0 Å². The first-order chi connectivity index (χ1) is 10.2. The molecule has 2 aromatic carbocycles. The van der Waals surface area contributed by atoms with Gasteiger partial charge >= 0.3 is 0 Å². The number of carbonyl (C=O) groups excluding carboxylic acids is 1. The number of nitrogens with zero attached hydrogens (tertiary/aromatic N) is 1. The summed E-state index contributed by atoms with van der Waals surface area (Å²) < 4.78 is 5.71. The van der Waals surface area contributed by atoms with Crippen LogP contribution >= 0.6 is 11.6 Å². The number of ether oxygens (including phenoxy) is 1. The van der Waals surface area contributed by atoms with Gasteiger partial charge in [-0.2, -0.15) is 5.26 Å². The van der Waals surface area contributed by atoms with Crippen molar-refractivity contribution in [3.63, 3.8) is 0 Å². The average Bonchev–Trinajstić information content (AvgIpc) is 2.53. The lowest BCUT2D eigenvalue weighted by atomic mass is 10.1. The summed E-state index contributed by atoms with van der Waals surface area (Å²) in [7, 11) is 0. The first-order valence-electron chi connectivity index (χ1n) is 6.59. The fourth-order valence-electron chi connectivity index (χ4n) is 1.90. The Morgan fingerprint density at radius 2 is 2.05 bits per heavy atom. The van der Waals surface area contributed by atoms with E-state index in [-0.39, 0.29) is 12.4 Å². The van der Waals surface area contributed by atoms with Crippen LogP contribution in [0.5, 0.6) is 5.75 Å². The Balaban J connectivity index is 2.17. The number of carbonyl (C=O) groups is 1. The van der Waals surface area contributed by atoms with E-state index >= 15 is 0 Å². The summed E-state index contributed by atoms with van der Waals surface area (Å²) in [6.07, 6.45) is 0.429. The van der Waals surface area contributed by atoms with E-state index in [4.69, 9.17) is 21.6 Å². The van der Waals surface area contributed by atoms with E-state index in [9.17, 15) is 4.79 Å². The number of hydrogen-bond acceptors (Lipinski definition) is 3. The predicted molar refractivity (Wildman–Crippen MR) is 81.6 cm³/mol. The van der Waals surface area contributed by atoms with E-state index in [2.05, 4.69) is 0 Å². The van der Waals surface area contributed by atoms with Gasteiger partial charge in [0.05, 0.1) is 17.2 Å². The van der Waals surface area contributed by atoms with Crippen molar-refractivity contribution in [1.82, 2.24) is 0 Å². The highest BCUT2D eigenvalue weighted by Gasteiger charge is 2.11. The van der Waals surface area contributed by atoms with Crippen molar-refractivity contribution in [3.8, 4) is 11.8 Å². The van der Waals surface area contributed by atoms with Crippen molar-refractivity contribution in [1.29, 1.82) is 5.26 Å². The smallest absolute Gasteiger partial charge is 0.166 e. The summed E-state index contributed by atoms with van der Waals surface area (Å²) in [4.78, 5) is 11.9. The van der Waals surface area contributed by atoms with Crippen LogP contribution in [-0.4, -0.2) is 5.78 Å². The third-order valence-electron chi connectivity index (χ3n) is 3.07. The molecule has 4 heteroatoms. The SMILES string of the molecule is CCC(=O)c1ccccc1OCc1ccc(C#N)cc1Cl. The second-order valence-electron chi connectivity index (χ2n) is 4.48. The van der Waals surface area contributed by atoms with Gasteiger partial charge in [0.25, 0.3) is 0 Å². The lowest BCUT2D eigenvalue weighted by molar-refractivity contribution is 0.0983. The molecule has 0 atom stereocenters. The number of benzene rings is 2. The minimum atomic E-state index is 0.0384. The van der Waals surface area contributed by atoms with Crippen LogP contribution in [0.25, 0.3) is 0 Å². The van der Waals surface area contributed by atoms with E-state index in [0.29, 0.717) is 28.3 Å². The standard InChI is InChI=1S/C17H14ClNO2/c1-2-16(20)14-5-3-4-6-17(14)21-11-13-8-7-12(10-19)9-15(13)18/h3-9H,2,11H2,1H3. The van der Waals surface area contributed by atoms with Crippen molar-refractivity contribution < 1.29 is 9.53 Å². The number of Topliss-reactive ketones (excluding diaryl/α,β-unsaturated/α-hetero) is 1. The molecule has 0 saturated carbocycles. The molecule has 0 aliphatic rings. The molecule has 0 fully saturated rings. The summed E-state index contributed by atoms with van der Waals surface area (Å²) in [6, 6.07) is 14.2. The minimum Gasteiger partial charge on any atom is -0.488 e. The number of halogens is 1. The van der Waals surface area contributed by atoms with Gasteiger partial charge < -0.3 is 4.74 Å². The van der Waals surface area contributed by atoms with Gasteiger partial charge in [0, 0.05) is 17.0 Å². The number of hydrogen-bond donors (Lipinski definition) is 0. The number of ketones is 1. The lowest BCUT2D eigenvalue weighted by Crippen LogP contribution is -2.03. The van der Waals surface area contributed by atoms with Crippen molar-refractivity contribution in [2.75, 3.05) is 0 Å². The third kappa shape index (κ3) is 3.62. The molecular formula is C17H14ClNO2. The largest absolute Gasteiger partial charge is 0.488 e. The van der Waals surface area contributed by atoms with Crippen LogP contribution in [0, 0.1) is 11.3 Å². The molecule has 0 aliphatic carbocycles. The molecule has 21 heavy (non-hydrogen) atoms. The van der Waals surface area contributed by atoms with Crippen LogP contribution in [0.1, 0.15) is 34.8 Å². The summed E-state index contributed by atoms with van der Waals surface area (Å²) in [6.45, 7) is 2.06. The highest BCUT2D eigenvalue weighted by molar-refractivity contribution is 6.31. The quantitative estimate of drug-likeness (QED) is 0.770. The maximum Gasteiger partial charge on any atom is 0.166 e. The molecule has 0 aromatic heterocycles. The Bertz CT molecular complexity index is 704. The fourth-order valence-corrected chi connectivity index (χ4v) is 2.14. The Kier molecular flexibility index (Phi) is 4.97. The Morgan fingerprint density at radius 1 is 1.29 bits per heavy atom. The van der Waals surface area contributed by atoms with Crippen molar-refractivity contribution in [3.05, 3.63) is 64.2 Å². The number of rotatable bonds is 5. The van der Waals surface area contributed by atoms with Gasteiger partial charge in [-0.25, -0.2) is 0 Å². The molecule has 2 aromatic rings. The molecule has 0 saturated heterocycles. The molecule has 106 valence electrons. The number of para-hydroxylation sites is 1. The van der Waals surface area contributed by atoms with E-state index in [1.165, 1.54) is 0 Å². The maximum absolute atomic E-state index is 11.9. The van der Waals surface area contributed by atoms with Gasteiger partial charge in [0.1, 0.15) is 12.4 Å². The molecule has 0 bridgehead atoms. The van der Waals surface area contributed by atoms with Gasteiger partial charge in [-0.3, -0.25) is 4.79 Å². The average molecular weight is 300 g/mol. The Labute approximate surface area is 128 Å². The van der Waals surface area contributed by atoms with E-state index in [0.717, 1.165) is 5.56 Å². The molecule has 0 amide bonds. The van der Waals surface area contributed by atoms with E-state index in [1.54, 1.807) is 30.3 Å². The van der Waals surface area contributed by atoms with Gasteiger partial charge in [-0.1, -0.05) is 36.7 Å². The van der Waals surface area contributed by atoms with Gasteiger partial charge in [-0.15, -0.1) is 0 Å². The summed E-state index contributed by atoms with van der Waals surface area (Å²) in [5.74, 6) is 0.585. The molecule has 3 nitrogen and oxygen atoms in total. The predicted octanol–water partition coefficient (Wildman–Crippen LogP) is 4.38. The molecule has 2 rings (SSSR count). The third-order valence-corrected chi connectivity index (χ3v) is 3.43. The molecule has 0 aliphatic heterocycles. The topological polar surface area (TPSA) is 50.1 Å². The molecule has 0 heterocycles. The normalized spacial score (nSPS) is 9.95. The second kappa shape index (κ2) is 6.92. The Morgan fingerprint density at radius 3 is 2.71 bits per heavy atom. The van der Waals surface area contributed by atoms with Gasteiger partial charge in [0.15, 0.2) is 5.78 Å². The molecule has 0 spiro atoms. The van der Waals surface area contributed by atoms with Crippen LogP contribution in [0.3, 0.4) is 0 Å². The molecular weight excluding hydrogens is 286 g/mol. The van der Waals surface area contributed by atoms with Crippen LogP contribution in [0.4, 0.5) is 0 Å².